The Kier molecular flexibility index (Phi) is 4.89. The maximum Gasteiger partial charge on any atom is 0.272 e. The van der Waals surface area contributed by atoms with E-state index in [0.29, 0.717) is 37.0 Å². The van der Waals surface area contributed by atoms with Crippen molar-refractivity contribution in [2.24, 2.45) is 0 Å². The predicted molar refractivity (Wildman–Crippen MR) is 96.8 cm³/mol. The van der Waals surface area contributed by atoms with Crippen molar-refractivity contribution in [3.05, 3.63) is 35.7 Å². The summed E-state index contributed by atoms with van der Waals surface area (Å²) < 4.78 is 1.89. The largest absolute Gasteiger partial charge is 0.335 e. The van der Waals surface area contributed by atoms with Gasteiger partial charge in [-0.25, -0.2) is 15.0 Å². The van der Waals surface area contributed by atoms with Crippen LogP contribution in [0, 0.1) is 18.3 Å². The molecule has 26 heavy (non-hydrogen) atoms. The minimum atomic E-state index is -0.00873. The van der Waals surface area contributed by atoms with Crippen molar-refractivity contribution in [3.63, 3.8) is 0 Å². The number of hydrogen-bond donors (Lipinski definition) is 0. The number of nitrogens with zero attached hydrogens (tertiary/aromatic N) is 7. The van der Waals surface area contributed by atoms with Crippen molar-refractivity contribution in [3.8, 4) is 6.07 Å². The molecule has 0 aliphatic carbocycles. The second-order valence-corrected chi connectivity index (χ2v) is 6.88. The molecule has 3 heterocycles. The van der Waals surface area contributed by atoms with Gasteiger partial charge in [-0.3, -0.25) is 4.79 Å². The van der Waals surface area contributed by atoms with E-state index in [0.717, 1.165) is 5.69 Å². The summed E-state index contributed by atoms with van der Waals surface area (Å²) in [6.07, 6.45) is 3.32. The van der Waals surface area contributed by atoms with Crippen LogP contribution in [0.1, 0.15) is 48.7 Å². The summed E-state index contributed by atoms with van der Waals surface area (Å²) in [6.45, 7) is 9.71. The fraction of sp³-hybridized carbons (Fsp3) is 0.500. The molecule has 2 aromatic rings. The Morgan fingerprint density at radius 3 is 2.77 bits per heavy atom. The number of aromatic nitrogens is 4. The molecule has 0 bridgehead atoms. The first-order valence-electron chi connectivity index (χ1n) is 8.74. The Morgan fingerprint density at radius 2 is 2.12 bits per heavy atom. The number of piperazine rings is 1. The zero-order valence-electron chi connectivity index (χ0n) is 15.5. The van der Waals surface area contributed by atoms with Crippen molar-refractivity contribution in [2.75, 3.05) is 24.5 Å². The van der Waals surface area contributed by atoms with Gasteiger partial charge in [-0.1, -0.05) is 0 Å². The first kappa shape index (κ1) is 17.9. The monoisotopic (exact) mass is 353 g/mol. The van der Waals surface area contributed by atoms with Gasteiger partial charge in [0, 0.05) is 37.4 Å². The van der Waals surface area contributed by atoms with Crippen molar-refractivity contribution in [2.45, 2.75) is 39.8 Å². The summed E-state index contributed by atoms with van der Waals surface area (Å²) in [4.78, 5) is 29.7. The zero-order valence-corrected chi connectivity index (χ0v) is 15.5. The molecule has 2 aromatic heterocycles. The highest BCUT2D eigenvalue weighted by molar-refractivity contribution is 5.92. The number of carbonyl (C=O) groups is 1. The topological polar surface area (TPSA) is 90.9 Å². The highest BCUT2D eigenvalue weighted by Gasteiger charge is 2.30. The number of imidazole rings is 1. The molecule has 0 spiro atoms. The van der Waals surface area contributed by atoms with Gasteiger partial charge in [0.05, 0.1) is 12.5 Å². The van der Waals surface area contributed by atoms with Gasteiger partial charge in [-0.05, 0) is 33.8 Å². The minimum absolute atomic E-state index is 0.00873. The van der Waals surface area contributed by atoms with Gasteiger partial charge in [0.2, 0.25) is 5.95 Å². The quantitative estimate of drug-likeness (QED) is 0.835. The number of nitriles is 1. The molecule has 0 radical (unpaired) electrons. The second-order valence-electron chi connectivity index (χ2n) is 6.88. The average molecular weight is 353 g/mol. The van der Waals surface area contributed by atoms with Crippen LogP contribution >= 0.6 is 0 Å². The molecule has 0 aromatic carbocycles. The average Bonchev–Trinajstić information content (AvgIpc) is 3.10. The highest BCUT2D eigenvalue weighted by Crippen LogP contribution is 2.20. The van der Waals surface area contributed by atoms with Crippen molar-refractivity contribution in [1.82, 2.24) is 24.4 Å². The third-order valence-electron chi connectivity index (χ3n) is 4.57. The highest BCUT2D eigenvalue weighted by atomic mass is 16.2. The van der Waals surface area contributed by atoms with Crippen LogP contribution in [-0.2, 0) is 0 Å². The number of anilines is 1. The van der Waals surface area contributed by atoms with Gasteiger partial charge in [0.15, 0.2) is 0 Å². The molecule has 3 rings (SSSR count). The summed E-state index contributed by atoms with van der Waals surface area (Å²) in [5.74, 6) is 0.541. The molecule has 8 nitrogen and oxygen atoms in total. The first-order valence-corrected chi connectivity index (χ1v) is 8.74. The SMILES string of the molecule is Cc1cc(C#N)nc(N2CCN(C(=O)c3cncn3C(C)C)CC2C)n1. The van der Waals surface area contributed by atoms with E-state index < -0.39 is 0 Å². The molecule has 1 fully saturated rings. The number of aryl methyl sites for hydroxylation is 1. The lowest BCUT2D eigenvalue weighted by molar-refractivity contribution is 0.0713. The van der Waals surface area contributed by atoms with Crippen LogP contribution in [0.4, 0.5) is 5.95 Å². The number of hydrogen-bond acceptors (Lipinski definition) is 6. The summed E-state index contributed by atoms with van der Waals surface area (Å²) >= 11 is 0. The van der Waals surface area contributed by atoms with Crippen LogP contribution in [0.5, 0.6) is 0 Å². The molecule has 1 unspecified atom stereocenters. The van der Waals surface area contributed by atoms with E-state index in [4.69, 9.17) is 5.26 Å². The standard InChI is InChI=1S/C18H23N7O/c1-12(2)25-11-20-9-16(25)17(26)23-5-6-24(14(4)10-23)18-21-13(3)7-15(8-19)22-18/h7,9,11-12,14H,5-6,10H2,1-4H3. The van der Waals surface area contributed by atoms with Gasteiger partial charge < -0.3 is 14.4 Å². The smallest absolute Gasteiger partial charge is 0.272 e. The van der Waals surface area contributed by atoms with Crippen LogP contribution in [-0.4, -0.2) is 56.0 Å². The summed E-state index contributed by atoms with van der Waals surface area (Å²) in [7, 11) is 0. The Morgan fingerprint density at radius 1 is 1.35 bits per heavy atom. The molecule has 0 N–H and O–H groups in total. The summed E-state index contributed by atoms with van der Waals surface area (Å²) in [5.41, 5.74) is 1.73. The minimum Gasteiger partial charge on any atom is -0.335 e. The van der Waals surface area contributed by atoms with Gasteiger partial charge in [0.1, 0.15) is 17.5 Å². The molecule has 136 valence electrons. The van der Waals surface area contributed by atoms with Crippen LogP contribution in [0.3, 0.4) is 0 Å². The predicted octanol–water partition coefficient (Wildman–Crippen LogP) is 1.78. The third-order valence-corrected chi connectivity index (χ3v) is 4.57. The third kappa shape index (κ3) is 3.38. The van der Waals surface area contributed by atoms with E-state index in [-0.39, 0.29) is 18.0 Å². The molecule has 1 saturated heterocycles. The van der Waals surface area contributed by atoms with Crippen LogP contribution in [0.2, 0.25) is 0 Å². The molecule has 1 aliphatic rings. The van der Waals surface area contributed by atoms with Gasteiger partial charge in [-0.15, -0.1) is 0 Å². The number of carbonyl (C=O) groups excluding carboxylic acids is 1. The normalized spacial score (nSPS) is 17.5. The van der Waals surface area contributed by atoms with Crippen LogP contribution < -0.4 is 4.90 Å². The fourth-order valence-corrected chi connectivity index (χ4v) is 3.22. The Labute approximate surface area is 153 Å². The second kappa shape index (κ2) is 7.12. The number of rotatable bonds is 3. The Hall–Kier alpha value is -2.95. The van der Waals surface area contributed by atoms with Crippen molar-refractivity contribution < 1.29 is 4.79 Å². The molecular formula is C18H23N7O. The fourth-order valence-electron chi connectivity index (χ4n) is 3.22. The van der Waals surface area contributed by atoms with Crippen LogP contribution in [0.25, 0.3) is 0 Å². The molecule has 8 heteroatoms. The molecule has 0 saturated carbocycles. The molecule has 1 amide bonds. The van der Waals surface area contributed by atoms with Gasteiger partial charge >= 0.3 is 0 Å². The van der Waals surface area contributed by atoms with E-state index in [1.165, 1.54) is 0 Å². The first-order chi connectivity index (χ1) is 12.4. The van der Waals surface area contributed by atoms with E-state index in [1.54, 1.807) is 18.6 Å². The molecule has 1 aliphatic heterocycles. The lowest BCUT2D eigenvalue weighted by Crippen LogP contribution is -2.54. The molecule has 1 atom stereocenters. The van der Waals surface area contributed by atoms with E-state index in [2.05, 4.69) is 25.9 Å². The van der Waals surface area contributed by atoms with E-state index in [9.17, 15) is 4.79 Å². The maximum absolute atomic E-state index is 12.9. The molecular weight excluding hydrogens is 330 g/mol. The van der Waals surface area contributed by atoms with Crippen molar-refractivity contribution in [1.29, 1.82) is 5.26 Å². The van der Waals surface area contributed by atoms with E-state index in [1.807, 2.05) is 37.2 Å². The lowest BCUT2D eigenvalue weighted by Gasteiger charge is -2.40. The summed E-state index contributed by atoms with van der Waals surface area (Å²) in [5, 5.41) is 9.12. The Bertz CT molecular complexity index is 851. The van der Waals surface area contributed by atoms with Crippen LogP contribution in [0.15, 0.2) is 18.6 Å². The van der Waals surface area contributed by atoms with E-state index >= 15 is 0 Å². The lowest BCUT2D eigenvalue weighted by atomic mass is 10.2. The Balaban J connectivity index is 1.76. The maximum atomic E-state index is 12.9. The van der Waals surface area contributed by atoms with Gasteiger partial charge in [0.25, 0.3) is 5.91 Å². The number of amides is 1. The van der Waals surface area contributed by atoms with Crippen molar-refractivity contribution >= 4 is 11.9 Å². The summed E-state index contributed by atoms with van der Waals surface area (Å²) in [6, 6.07) is 3.97. The zero-order chi connectivity index (χ0) is 18.8. The van der Waals surface area contributed by atoms with Gasteiger partial charge in [-0.2, -0.15) is 5.26 Å².